The molecule has 0 spiro atoms. The summed E-state index contributed by atoms with van der Waals surface area (Å²) in [7, 11) is 0. The Morgan fingerprint density at radius 2 is 1.67 bits per heavy atom. The van der Waals surface area contributed by atoms with Gasteiger partial charge >= 0.3 is 5.51 Å². The molecule has 21 heavy (non-hydrogen) atoms. The quantitative estimate of drug-likeness (QED) is 0.704. The maximum absolute atomic E-state index is 12.2. The lowest BCUT2D eigenvalue weighted by molar-refractivity contribution is -0.0328. The third-order valence-corrected chi connectivity index (χ3v) is 4.56. The molecule has 2 N–H and O–H groups in total. The van der Waals surface area contributed by atoms with Crippen LogP contribution in [0, 0.1) is 5.41 Å². The first-order valence-electron chi connectivity index (χ1n) is 7.00. The molecule has 1 aromatic carbocycles. The second-order valence-corrected chi connectivity index (χ2v) is 6.30. The van der Waals surface area contributed by atoms with Gasteiger partial charge in [0.2, 0.25) is 0 Å². The molecular weight excluding hydrogens is 299 g/mol. The molecule has 0 aliphatic rings. The monoisotopic (exact) mass is 321 g/mol. The molecule has 6 heteroatoms. The Hall–Kier alpha value is -0.720. The summed E-state index contributed by atoms with van der Waals surface area (Å²) < 4.78 is 36.7. The molecule has 0 unspecified atom stereocenters. The summed E-state index contributed by atoms with van der Waals surface area (Å²) in [4.78, 5) is 0.193. The predicted octanol–water partition coefficient (Wildman–Crippen LogP) is 4.19. The van der Waals surface area contributed by atoms with Gasteiger partial charge in [-0.1, -0.05) is 26.0 Å². The van der Waals surface area contributed by atoms with Gasteiger partial charge in [0.25, 0.3) is 0 Å². The van der Waals surface area contributed by atoms with Crippen LogP contribution in [-0.2, 0) is 6.54 Å². The minimum atomic E-state index is -4.25. The van der Waals surface area contributed by atoms with Crippen molar-refractivity contribution in [1.82, 2.24) is 5.32 Å². The lowest BCUT2D eigenvalue weighted by atomic mass is 9.83. The number of hydrogen-bond donors (Lipinski definition) is 2. The number of alkyl halides is 3. The van der Waals surface area contributed by atoms with Crippen molar-refractivity contribution in [2.75, 3.05) is 13.2 Å². The Bertz CT molecular complexity index is 408. The largest absolute Gasteiger partial charge is 0.446 e. The number of aliphatic hydroxyl groups excluding tert-OH is 1. The molecule has 0 fully saturated rings. The van der Waals surface area contributed by atoms with Crippen LogP contribution in [0.15, 0.2) is 29.2 Å². The van der Waals surface area contributed by atoms with Crippen molar-refractivity contribution in [3.05, 3.63) is 29.8 Å². The van der Waals surface area contributed by atoms with E-state index in [0.717, 1.165) is 18.4 Å². The van der Waals surface area contributed by atoms with E-state index in [1.54, 1.807) is 12.1 Å². The van der Waals surface area contributed by atoms with Crippen molar-refractivity contribution in [2.24, 2.45) is 5.41 Å². The molecule has 0 aliphatic heterocycles. The molecule has 0 radical (unpaired) electrons. The molecule has 0 saturated heterocycles. The Labute approximate surface area is 128 Å². The number of thioether (sulfide) groups is 1. The summed E-state index contributed by atoms with van der Waals surface area (Å²) in [5.74, 6) is 0. The average Bonchev–Trinajstić information content (AvgIpc) is 2.44. The SMILES string of the molecule is CCC(CC)(CO)CNCc1ccc(SC(F)(F)F)cc1. The normalized spacial score (nSPS) is 12.7. The number of benzene rings is 1. The van der Waals surface area contributed by atoms with Crippen molar-refractivity contribution in [2.45, 2.75) is 43.6 Å². The number of halogens is 3. The second-order valence-electron chi connectivity index (χ2n) is 5.16. The van der Waals surface area contributed by atoms with Gasteiger partial charge in [0.15, 0.2) is 0 Å². The molecule has 0 heterocycles. The molecule has 120 valence electrons. The lowest BCUT2D eigenvalue weighted by Gasteiger charge is -2.29. The second kappa shape index (κ2) is 8.06. The van der Waals surface area contributed by atoms with E-state index in [4.69, 9.17) is 0 Å². The van der Waals surface area contributed by atoms with E-state index in [1.807, 2.05) is 13.8 Å². The fourth-order valence-electron chi connectivity index (χ4n) is 2.06. The number of hydrogen-bond acceptors (Lipinski definition) is 3. The van der Waals surface area contributed by atoms with Crippen LogP contribution in [0.25, 0.3) is 0 Å². The summed E-state index contributed by atoms with van der Waals surface area (Å²) >= 11 is -0.105. The van der Waals surface area contributed by atoms with E-state index in [0.29, 0.717) is 13.1 Å². The fraction of sp³-hybridized carbons (Fsp3) is 0.600. The van der Waals surface area contributed by atoms with E-state index in [1.165, 1.54) is 12.1 Å². The number of aliphatic hydroxyl groups is 1. The first-order valence-corrected chi connectivity index (χ1v) is 7.82. The third kappa shape index (κ3) is 6.28. The van der Waals surface area contributed by atoms with Crippen LogP contribution in [0.5, 0.6) is 0 Å². The molecular formula is C15H22F3NOS. The summed E-state index contributed by atoms with van der Waals surface area (Å²) in [5, 5.41) is 12.7. The highest BCUT2D eigenvalue weighted by Crippen LogP contribution is 2.36. The van der Waals surface area contributed by atoms with Crippen molar-refractivity contribution >= 4 is 11.8 Å². The van der Waals surface area contributed by atoms with Crippen LogP contribution in [0.3, 0.4) is 0 Å². The fourth-order valence-corrected chi connectivity index (χ4v) is 2.60. The van der Waals surface area contributed by atoms with Crippen molar-refractivity contribution in [3.63, 3.8) is 0 Å². The van der Waals surface area contributed by atoms with E-state index in [2.05, 4.69) is 5.32 Å². The molecule has 0 saturated carbocycles. The maximum Gasteiger partial charge on any atom is 0.446 e. The zero-order valence-electron chi connectivity index (χ0n) is 12.3. The summed E-state index contributed by atoms with van der Waals surface area (Å²) in [5.41, 5.74) is -3.44. The van der Waals surface area contributed by atoms with Crippen LogP contribution < -0.4 is 5.32 Å². The minimum absolute atomic E-state index is 0.105. The van der Waals surface area contributed by atoms with Gasteiger partial charge in [-0.3, -0.25) is 0 Å². The standard InChI is InChI=1S/C15H22F3NOS/c1-3-14(4-2,11-20)10-19-9-12-5-7-13(8-6-12)21-15(16,17)18/h5-8,19-20H,3-4,9-11H2,1-2H3. The topological polar surface area (TPSA) is 32.3 Å². The van der Waals surface area contributed by atoms with Crippen molar-refractivity contribution in [3.8, 4) is 0 Å². The zero-order chi connectivity index (χ0) is 15.9. The Kier molecular flexibility index (Phi) is 7.03. The van der Waals surface area contributed by atoms with E-state index in [9.17, 15) is 18.3 Å². The third-order valence-electron chi connectivity index (χ3n) is 3.82. The van der Waals surface area contributed by atoms with Crippen LogP contribution in [-0.4, -0.2) is 23.8 Å². The highest BCUT2D eigenvalue weighted by atomic mass is 32.2. The number of rotatable bonds is 8. The molecule has 0 amide bonds. The van der Waals surface area contributed by atoms with Gasteiger partial charge in [0.05, 0.1) is 0 Å². The van der Waals surface area contributed by atoms with E-state index >= 15 is 0 Å². The van der Waals surface area contributed by atoms with Crippen LogP contribution in [0.1, 0.15) is 32.3 Å². The molecule has 2 nitrogen and oxygen atoms in total. The summed E-state index contributed by atoms with van der Waals surface area (Å²) in [6, 6.07) is 6.35. The Morgan fingerprint density at radius 3 is 2.10 bits per heavy atom. The van der Waals surface area contributed by atoms with E-state index in [-0.39, 0.29) is 28.7 Å². The summed E-state index contributed by atoms with van der Waals surface area (Å²) in [6.07, 6.45) is 1.77. The lowest BCUT2D eigenvalue weighted by Crippen LogP contribution is -2.36. The summed E-state index contributed by atoms with van der Waals surface area (Å²) in [6.45, 7) is 5.50. The first-order chi connectivity index (χ1) is 9.84. The maximum atomic E-state index is 12.2. The van der Waals surface area contributed by atoms with Gasteiger partial charge in [-0.25, -0.2) is 0 Å². The Balaban J connectivity index is 2.50. The molecule has 0 aromatic heterocycles. The molecule has 0 aliphatic carbocycles. The minimum Gasteiger partial charge on any atom is -0.396 e. The van der Waals surface area contributed by atoms with Crippen molar-refractivity contribution in [1.29, 1.82) is 0 Å². The molecule has 0 bridgehead atoms. The van der Waals surface area contributed by atoms with Gasteiger partial charge in [-0.2, -0.15) is 13.2 Å². The number of nitrogens with one attached hydrogen (secondary N) is 1. The van der Waals surface area contributed by atoms with Crippen LogP contribution in [0.4, 0.5) is 13.2 Å². The van der Waals surface area contributed by atoms with Gasteiger partial charge in [-0.15, -0.1) is 0 Å². The van der Waals surface area contributed by atoms with Gasteiger partial charge in [0.1, 0.15) is 0 Å². The first kappa shape index (κ1) is 18.3. The van der Waals surface area contributed by atoms with Gasteiger partial charge < -0.3 is 10.4 Å². The van der Waals surface area contributed by atoms with Crippen molar-refractivity contribution < 1.29 is 18.3 Å². The van der Waals surface area contributed by atoms with E-state index < -0.39 is 5.51 Å². The molecule has 1 rings (SSSR count). The Morgan fingerprint density at radius 1 is 1.10 bits per heavy atom. The molecule has 1 aromatic rings. The molecule has 0 atom stereocenters. The van der Waals surface area contributed by atoms with Crippen LogP contribution >= 0.6 is 11.8 Å². The predicted molar refractivity (Wildman–Crippen MR) is 80.2 cm³/mol. The van der Waals surface area contributed by atoms with Gasteiger partial charge in [-0.05, 0) is 42.3 Å². The highest BCUT2D eigenvalue weighted by molar-refractivity contribution is 8.00. The van der Waals surface area contributed by atoms with Crippen LogP contribution in [0.2, 0.25) is 0 Å². The smallest absolute Gasteiger partial charge is 0.396 e. The zero-order valence-corrected chi connectivity index (χ0v) is 13.2. The highest BCUT2D eigenvalue weighted by Gasteiger charge is 2.29. The van der Waals surface area contributed by atoms with Gasteiger partial charge in [0, 0.05) is 30.0 Å². The average molecular weight is 321 g/mol.